The SMILES string of the molecule is N#Cc1ccc(Nc2nccc(NCCc3c[nH]c4ccccc34)n2)cc1. The van der Waals surface area contributed by atoms with Gasteiger partial charge in [0.2, 0.25) is 5.95 Å². The zero-order valence-electron chi connectivity index (χ0n) is 14.6. The number of anilines is 3. The maximum Gasteiger partial charge on any atom is 0.229 e. The van der Waals surface area contributed by atoms with Crippen LogP contribution in [-0.2, 0) is 6.42 Å². The third kappa shape index (κ3) is 3.88. The summed E-state index contributed by atoms with van der Waals surface area (Å²) in [5.41, 5.74) is 3.89. The number of H-pyrrole nitrogens is 1. The predicted molar refractivity (Wildman–Crippen MR) is 107 cm³/mol. The Morgan fingerprint density at radius 2 is 1.89 bits per heavy atom. The maximum atomic E-state index is 8.86. The van der Waals surface area contributed by atoms with Crippen LogP contribution < -0.4 is 10.6 Å². The van der Waals surface area contributed by atoms with Gasteiger partial charge in [-0.3, -0.25) is 0 Å². The molecule has 0 aliphatic carbocycles. The molecular weight excluding hydrogens is 336 g/mol. The molecule has 2 aromatic carbocycles. The van der Waals surface area contributed by atoms with Crippen molar-refractivity contribution in [3.05, 3.63) is 78.1 Å². The number of nitrogens with zero attached hydrogens (tertiary/aromatic N) is 3. The van der Waals surface area contributed by atoms with E-state index in [0.717, 1.165) is 30.0 Å². The van der Waals surface area contributed by atoms with Crippen LogP contribution in [0.5, 0.6) is 0 Å². The average Bonchev–Trinajstić information content (AvgIpc) is 3.12. The van der Waals surface area contributed by atoms with Crippen molar-refractivity contribution in [3.8, 4) is 6.07 Å². The Hall–Kier alpha value is -3.85. The number of benzene rings is 2. The minimum atomic E-state index is 0.511. The standard InChI is InChI=1S/C21H18N6/c22-13-15-5-7-17(8-6-15)26-21-24-12-10-20(27-21)23-11-9-16-14-25-19-4-2-1-3-18(16)19/h1-8,10,12,14,25H,9,11H2,(H2,23,24,26,27). The van der Waals surface area contributed by atoms with E-state index in [1.165, 1.54) is 10.9 Å². The largest absolute Gasteiger partial charge is 0.370 e. The van der Waals surface area contributed by atoms with E-state index < -0.39 is 0 Å². The molecule has 2 aromatic heterocycles. The number of rotatable bonds is 6. The van der Waals surface area contributed by atoms with Gasteiger partial charge in [0.15, 0.2) is 0 Å². The van der Waals surface area contributed by atoms with Crippen LogP contribution in [0.4, 0.5) is 17.5 Å². The van der Waals surface area contributed by atoms with E-state index in [4.69, 9.17) is 5.26 Å². The van der Waals surface area contributed by atoms with Crippen LogP contribution in [0.15, 0.2) is 67.0 Å². The van der Waals surface area contributed by atoms with Gasteiger partial charge < -0.3 is 15.6 Å². The number of nitriles is 1. The first-order valence-corrected chi connectivity index (χ1v) is 8.71. The number of hydrogen-bond acceptors (Lipinski definition) is 5. The van der Waals surface area contributed by atoms with Gasteiger partial charge in [-0.15, -0.1) is 0 Å². The summed E-state index contributed by atoms with van der Waals surface area (Å²) in [5.74, 6) is 1.28. The lowest BCUT2D eigenvalue weighted by atomic mass is 10.1. The molecule has 2 heterocycles. The third-order valence-corrected chi connectivity index (χ3v) is 4.30. The lowest BCUT2D eigenvalue weighted by Crippen LogP contribution is -2.07. The normalized spacial score (nSPS) is 10.5. The topological polar surface area (TPSA) is 89.4 Å². The minimum absolute atomic E-state index is 0.511. The van der Waals surface area contributed by atoms with Gasteiger partial charge in [-0.25, -0.2) is 4.98 Å². The van der Waals surface area contributed by atoms with Gasteiger partial charge in [0.05, 0.1) is 11.6 Å². The monoisotopic (exact) mass is 354 g/mol. The highest BCUT2D eigenvalue weighted by atomic mass is 15.1. The van der Waals surface area contributed by atoms with E-state index in [-0.39, 0.29) is 0 Å². The Balaban J connectivity index is 1.38. The van der Waals surface area contributed by atoms with E-state index in [1.807, 2.05) is 24.3 Å². The summed E-state index contributed by atoms with van der Waals surface area (Å²) in [5, 5.41) is 16.6. The summed E-state index contributed by atoms with van der Waals surface area (Å²) in [6.45, 7) is 0.773. The van der Waals surface area contributed by atoms with Crippen molar-refractivity contribution in [2.24, 2.45) is 0 Å². The molecule has 4 rings (SSSR count). The van der Waals surface area contributed by atoms with E-state index in [0.29, 0.717) is 11.5 Å². The van der Waals surface area contributed by atoms with Crippen LogP contribution in [0.1, 0.15) is 11.1 Å². The van der Waals surface area contributed by atoms with Gasteiger partial charge in [0.25, 0.3) is 0 Å². The zero-order valence-corrected chi connectivity index (χ0v) is 14.6. The second-order valence-electron chi connectivity index (χ2n) is 6.12. The first-order chi connectivity index (χ1) is 13.3. The second-order valence-corrected chi connectivity index (χ2v) is 6.12. The Kier molecular flexibility index (Phi) is 4.66. The summed E-state index contributed by atoms with van der Waals surface area (Å²) in [6, 6.07) is 19.4. The van der Waals surface area contributed by atoms with Gasteiger partial charge in [-0.1, -0.05) is 18.2 Å². The second kappa shape index (κ2) is 7.58. The molecule has 4 aromatic rings. The van der Waals surface area contributed by atoms with E-state index in [2.05, 4.69) is 56.1 Å². The van der Waals surface area contributed by atoms with Gasteiger partial charge in [-0.05, 0) is 48.4 Å². The van der Waals surface area contributed by atoms with Crippen molar-refractivity contribution in [3.63, 3.8) is 0 Å². The Labute approximate surface area is 156 Å². The highest BCUT2D eigenvalue weighted by Crippen LogP contribution is 2.18. The molecule has 6 heteroatoms. The van der Waals surface area contributed by atoms with Crippen LogP contribution in [0.25, 0.3) is 10.9 Å². The summed E-state index contributed by atoms with van der Waals surface area (Å²) >= 11 is 0. The Bertz CT molecular complexity index is 1090. The van der Waals surface area contributed by atoms with Crippen LogP contribution in [0.2, 0.25) is 0 Å². The number of para-hydroxylation sites is 1. The van der Waals surface area contributed by atoms with Crippen LogP contribution in [0, 0.1) is 11.3 Å². The molecule has 0 unspecified atom stereocenters. The number of aromatic nitrogens is 3. The third-order valence-electron chi connectivity index (χ3n) is 4.30. The fourth-order valence-corrected chi connectivity index (χ4v) is 2.94. The first kappa shape index (κ1) is 16.6. The lowest BCUT2D eigenvalue weighted by molar-refractivity contribution is 1.01. The fraction of sp³-hybridized carbons (Fsp3) is 0.0952. The smallest absolute Gasteiger partial charge is 0.229 e. The number of nitrogens with one attached hydrogen (secondary N) is 3. The maximum absolute atomic E-state index is 8.86. The molecule has 132 valence electrons. The molecule has 0 bridgehead atoms. The summed E-state index contributed by atoms with van der Waals surface area (Å²) in [4.78, 5) is 12.0. The highest BCUT2D eigenvalue weighted by Gasteiger charge is 2.04. The Morgan fingerprint density at radius 3 is 2.74 bits per heavy atom. The number of fused-ring (bicyclic) bond motifs is 1. The number of hydrogen-bond donors (Lipinski definition) is 3. The average molecular weight is 354 g/mol. The quantitative estimate of drug-likeness (QED) is 0.482. The van der Waals surface area contributed by atoms with Crippen LogP contribution in [-0.4, -0.2) is 21.5 Å². The molecule has 0 spiro atoms. The van der Waals surface area contributed by atoms with Crippen molar-refractivity contribution in [2.45, 2.75) is 6.42 Å². The van der Waals surface area contributed by atoms with Gasteiger partial charge in [-0.2, -0.15) is 10.2 Å². The van der Waals surface area contributed by atoms with Gasteiger partial charge in [0.1, 0.15) is 5.82 Å². The molecule has 0 saturated carbocycles. The van der Waals surface area contributed by atoms with Crippen LogP contribution >= 0.6 is 0 Å². The van der Waals surface area contributed by atoms with Crippen molar-refractivity contribution >= 4 is 28.4 Å². The molecular formula is C21H18N6. The molecule has 0 atom stereocenters. The summed E-state index contributed by atoms with van der Waals surface area (Å²) in [7, 11) is 0. The summed E-state index contributed by atoms with van der Waals surface area (Å²) in [6.07, 6.45) is 4.67. The van der Waals surface area contributed by atoms with E-state index in [1.54, 1.807) is 18.3 Å². The van der Waals surface area contributed by atoms with E-state index in [9.17, 15) is 0 Å². The Morgan fingerprint density at radius 1 is 1.04 bits per heavy atom. The molecule has 0 saturated heterocycles. The van der Waals surface area contributed by atoms with Crippen molar-refractivity contribution in [1.82, 2.24) is 15.0 Å². The van der Waals surface area contributed by atoms with Crippen molar-refractivity contribution in [2.75, 3.05) is 17.2 Å². The highest BCUT2D eigenvalue weighted by molar-refractivity contribution is 5.83. The van der Waals surface area contributed by atoms with Crippen molar-refractivity contribution in [1.29, 1.82) is 5.26 Å². The van der Waals surface area contributed by atoms with Crippen molar-refractivity contribution < 1.29 is 0 Å². The molecule has 0 aliphatic heterocycles. The minimum Gasteiger partial charge on any atom is -0.370 e. The molecule has 0 amide bonds. The summed E-state index contributed by atoms with van der Waals surface area (Å²) < 4.78 is 0. The molecule has 0 aliphatic rings. The van der Waals surface area contributed by atoms with Gasteiger partial charge in [0, 0.05) is 35.5 Å². The predicted octanol–water partition coefficient (Wildman–Crippen LogP) is 4.23. The zero-order chi connectivity index (χ0) is 18.5. The molecule has 0 radical (unpaired) electrons. The number of aromatic amines is 1. The van der Waals surface area contributed by atoms with Gasteiger partial charge >= 0.3 is 0 Å². The lowest BCUT2D eigenvalue weighted by Gasteiger charge is -2.08. The van der Waals surface area contributed by atoms with E-state index >= 15 is 0 Å². The first-order valence-electron chi connectivity index (χ1n) is 8.71. The van der Waals surface area contributed by atoms with Crippen LogP contribution in [0.3, 0.4) is 0 Å². The fourth-order valence-electron chi connectivity index (χ4n) is 2.94. The molecule has 6 nitrogen and oxygen atoms in total. The molecule has 3 N–H and O–H groups in total. The molecule has 27 heavy (non-hydrogen) atoms. The molecule has 0 fully saturated rings.